The first kappa shape index (κ1) is 18.8. The molecular formula is C22H17ClN4O2. The summed E-state index contributed by atoms with van der Waals surface area (Å²) in [4.78, 5) is 27.9. The number of nitrogens with zero attached hydrogens (tertiary/aromatic N) is 4. The zero-order chi connectivity index (χ0) is 20.4. The molecule has 0 fully saturated rings. The van der Waals surface area contributed by atoms with Crippen LogP contribution in [0.5, 0.6) is 5.75 Å². The minimum Gasteiger partial charge on any atom is -0.497 e. The minimum absolute atomic E-state index is 0.195. The molecule has 1 amide bonds. The third-order valence-electron chi connectivity index (χ3n) is 4.32. The van der Waals surface area contributed by atoms with Gasteiger partial charge in [-0.2, -0.15) is 0 Å². The van der Waals surface area contributed by atoms with Crippen molar-refractivity contribution in [3.05, 3.63) is 88.3 Å². The molecule has 0 unspecified atom stereocenters. The number of amidine groups is 1. The molecule has 0 atom stereocenters. The molecule has 6 nitrogen and oxygen atoms in total. The summed E-state index contributed by atoms with van der Waals surface area (Å²) in [5.74, 6) is 1.07. The highest BCUT2D eigenvalue weighted by molar-refractivity contribution is 6.33. The second kappa shape index (κ2) is 7.85. The predicted octanol–water partition coefficient (Wildman–Crippen LogP) is 4.28. The van der Waals surface area contributed by atoms with Crippen molar-refractivity contribution in [2.75, 3.05) is 12.0 Å². The van der Waals surface area contributed by atoms with E-state index >= 15 is 0 Å². The number of anilines is 1. The van der Waals surface area contributed by atoms with E-state index < -0.39 is 0 Å². The molecule has 0 saturated heterocycles. The lowest BCUT2D eigenvalue weighted by Gasteiger charge is -2.16. The lowest BCUT2D eigenvalue weighted by molar-refractivity contribution is -0.113. The Morgan fingerprint density at radius 3 is 2.41 bits per heavy atom. The SMILES string of the molecule is COc1ccc(/C=C2/N=C(c3ccccc3)N(c3nc(C)cc(Cl)n3)C2=O)cc1. The van der Waals surface area contributed by atoms with E-state index in [4.69, 9.17) is 16.3 Å². The van der Waals surface area contributed by atoms with E-state index in [-0.39, 0.29) is 22.7 Å². The van der Waals surface area contributed by atoms with Gasteiger partial charge in [0.15, 0.2) is 5.84 Å². The number of halogens is 1. The van der Waals surface area contributed by atoms with Crippen LogP contribution in [0.3, 0.4) is 0 Å². The van der Waals surface area contributed by atoms with E-state index in [2.05, 4.69) is 15.0 Å². The number of aryl methyl sites for hydroxylation is 1. The maximum absolute atomic E-state index is 13.2. The molecule has 0 aliphatic carbocycles. The number of ether oxygens (including phenoxy) is 1. The van der Waals surface area contributed by atoms with Crippen LogP contribution < -0.4 is 9.64 Å². The summed E-state index contributed by atoms with van der Waals surface area (Å²) in [6.45, 7) is 1.80. The van der Waals surface area contributed by atoms with Gasteiger partial charge < -0.3 is 4.74 Å². The molecule has 3 aromatic rings. The summed E-state index contributed by atoms with van der Waals surface area (Å²) in [6, 6.07) is 18.5. The molecule has 0 radical (unpaired) electrons. The maximum Gasteiger partial charge on any atom is 0.285 e. The van der Waals surface area contributed by atoms with Crippen LogP contribution in [-0.2, 0) is 4.79 Å². The smallest absolute Gasteiger partial charge is 0.285 e. The molecule has 7 heteroatoms. The van der Waals surface area contributed by atoms with Crippen molar-refractivity contribution in [2.45, 2.75) is 6.92 Å². The van der Waals surface area contributed by atoms with E-state index in [9.17, 15) is 4.79 Å². The number of carbonyl (C=O) groups excluding carboxylic acids is 1. The number of carbonyl (C=O) groups is 1. The van der Waals surface area contributed by atoms with Crippen molar-refractivity contribution in [3.63, 3.8) is 0 Å². The molecule has 0 spiro atoms. The van der Waals surface area contributed by atoms with Crippen LogP contribution in [0, 0.1) is 6.92 Å². The first-order valence-electron chi connectivity index (χ1n) is 8.90. The highest BCUT2D eigenvalue weighted by Gasteiger charge is 2.34. The van der Waals surface area contributed by atoms with Crippen LogP contribution >= 0.6 is 11.6 Å². The topological polar surface area (TPSA) is 67.7 Å². The molecule has 0 N–H and O–H groups in total. The largest absolute Gasteiger partial charge is 0.497 e. The van der Waals surface area contributed by atoms with Gasteiger partial charge in [-0.25, -0.2) is 19.9 Å². The highest BCUT2D eigenvalue weighted by atomic mass is 35.5. The zero-order valence-corrected chi connectivity index (χ0v) is 16.6. The number of aliphatic imine (C=N–C) groups is 1. The Bertz CT molecular complexity index is 1110. The van der Waals surface area contributed by atoms with Gasteiger partial charge in [0, 0.05) is 11.3 Å². The number of aromatic nitrogens is 2. The Kier molecular flexibility index (Phi) is 5.10. The van der Waals surface area contributed by atoms with Gasteiger partial charge in [0.2, 0.25) is 5.95 Å². The lowest BCUT2D eigenvalue weighted by atomic mass is 10.2. The molecule has 1 aliphatic heterocycles. The quantitative estimate of drug-likeness (QED) is 0.480. The minimum atomic E-state index is -0.318. The number of benzene rings is 2. The molecule has 2 heterocycles. The van der Waals surface area contributed by atoms with Gasteiger partial charge in [-0.1, -0.05) is 54.1 Å². The van der Waals surface area contributed by atoms with Crippen LogP contribution in [0.4, 0.5) is 5.95 Å². The second-order valence-electron chi connectivity index (χ2n) is 6.38. The van der Waals surface area contributed by atoms with Crippen molar-refractivity contribution >= 4 is 35.4 Å². The van der Waals surface area contributed by atoms with Crippen molar-refractivity contribution in [1.82, 2.24) is 9.97 Å². The Morgan fingerprint density at radius 1 is 1.03 bits per heavy atom. The maximum atomic E-state index is 13.2. The normalized spacial score (nSPS) is 15.0. The van der Waals surface area contributed by atoms with E-state index in [1.165, 1.54) is 4.90 Å². The molecule has 144 valence electrons. The number of hydrogen-bond donors (Lipinski definition) is 0. The summed E-state index contributed by atoms with van der Waals surface area (Å²) >= 11 is 6.11. The summed E-state index contributed by atoms with van der Waals surface area (Å²) in [6.07, 6.45) is 1.72. The van der Waals surface area contributed by atoms with Crippen LogP contribution in [0.25, 0.3) is 6.08 Å². The summed E-state index contributed by atoms with van der Waals surface area (Å²) in [7, 11) is 1.61. The van der Waals surface area contributed by atoms with Crippen LogP contribution in [-0.4, -0.2) is 28.8 Å². The summed E-state index contributed by atoms with van der Waals surface area (Å²) in [5, 5.41) is 0.264. The van der Waals surface area contributed by atoms with Crippen LogP contribution in [0.1, 0.15) is 16.8 Å². The standard InChI is InChI=1S/C22H17ClN4O2/c1-14-12-19(23)26-22(24-14)27-20(16-6-4-3-5-7-16)25-18(21(27)28)13-15-8-10-17(29-2)11-9-15/h3-13H,1-2H3/b18-13+. The number of rotatable bonds is 4. The molecule has 2 aromatic carbocycles. The van der Waals surface area contributed by atoms with Gasteiger partial charge in [-0.3, -0.25) is 4.79 Å². The van der Waals surface area contributed by atoms with Crippen molar-refractivity contribution < 1.29 is 9.53 Å². The van der Waals surface area contributed by atoms with Gasteiger partial charge in [-0.15, -0.1) is 0 Å². The monoisotopic (exact) mass is 404 g/mol. The number of methoxy groups -OCH3 is 1. The molecule has 0 saturated carbocycles. The Hall–Kier alpha value is -3.51. The Morgan fingerprint density at radius 2 is 1.76 bits per heavy atom. The fraction of sp³-hybridized carbons (Fsp3) is 0.0909. The number of hydrogen-bond acceptors (Lipinski definition) is 5. The lowest BCUT2D eigenvalue weighted by Crippen LogP contribution is -2.34. The third-order valence-corrected chi connectivity index (χ3v) is 4.52. The average Bonchev–Trinajstić information content (AvgIpc) is 3.05. The molecule has 1 aliphatic rings. The van der Waals surface area contributed by atoms with Gasteiger partial charge in [0.25, 0.3) is 5.91 Å². The van der Waals surface area contributed by atoms with E-state index in [1.807, 2.05) is 54.6 Å². The summed E-state index contributed by atoms with van der Waals surface area (Å²) < 4.78 is 5.18. The van der Waals surface area contributed by atoms with Crippen molar-refractivity contribution in [3.8, 4) is 5.75 Å². The van der Waals surface area contributed by atoms with Crippen LogP contribution in [0.2, 0.25) is 5.15 Å². The Labute approximate surface area is 173 Å². The van der Waals surface area contributed by atoms with Gasteiger partial charge in [0.1, 0.15) is 16.6 Å². The fourth-order valence-electron chi connectivity index (χ4n) is 2.96. The molecular weight excluding hydrogens is 388 g/mol. The van der Waals surface area contributed by atoms with E-state index in [0.29, 0.717) is 11.5 Å². The van der Waals surface area contributed by atoms with Gasteiger partial charge in [-0.05, 0) is 36.8 Å². The summed E-state index contributed by atoms with van der Waals surface area (Å²) in [5.41, 5.74) is 2.55. The molecule has 0 bridgehead atoms. The first-order chi connectivity index (χ1) is 14.0. The molecule has 4 rings (SSSR count). The average molecular weight is 405 g/mol. The van der Waals surface area contributed by atoms with Crippen molar-refractivity contribution in [1.29, 1.82) is 0 Å². The predicted molar refractivity (Wildman–Crippen MR) is 113 cm³/mol. The van der Waals surface area contributed by atoms with Gasteiger partial charge >= 0.3 is 0 Å². The highest BCUT2D eigenvalue weighted by Crippen LogP contribution is 2.27. The molecule has 29 heavy (non-hydrogen) atoms. The Balaban J connectivity index is 1.81. The number of amides is 1. The zero-order valence-electron chi connectivity index (χ0n) is 15.8. The molecule has 1 aromatic heterocycles. The second-order valence-corrected chi connectivity index (χ2v) is 6.76. The van der Waals surface area contributed by atoms with Crippen molar-refractivity contribution in [2.24, 2.45) is 4.99 Å². The van der Waals surface area contributed by atoms with E-state index in [0.717, 1.165) is 16.9 Å². The third kappa shape index (κ3) is 3.88. The van der Waals surface area contributed by atoms with Gasteiger partial charge in [0.05, 0.1) is 7.11 Å². The first-order valence-corrected chi connectivity index (χ1v) is 9.28. The van der Waals surface area contributed by atoms with E-state index in [1.54, 1.807) is 26.2 Å². The van der Waals surface area contributed by atoms with Crippen LogP contribution in [0.15, 0.2) is 71.4 Å². The fourth-order valence-corrected chi connectivity index (χ4v) is 3.19.